The van der Waals surface area contributed by atoms with Crippen LogP contribution in [0.5, 0.6) is 0 Å². The molecule has 0 saturated carbocycles. The molecule has 2 rings (SSSR count). The second-order valence-corrected chi connectivity index (χ2v) is 4.25. The van der Waals surface area contributed by atoms with Gasteiger partial charge in [-0.15, -0.1) is 12.4 Å². The number of primary amides is 1. The van der Waals surface area contributed by atoms with Gasteiger partial charge >= 0.3 is 6.03 Å². The normalized spacial score (nSPS) is 17.4. The first-order valence-electron chi connectivity index (χ1n) is 5.83. The van der Waals surface area contributed by atoms with E-state index in [0.717, 1.165) is 19.5 Å². The minimum absolute atomic E-state index is 0. The van der Waals surface area contributed by atoms with Gasteiger partial charge in [0.05, 0.1) is 5.92 Å². The Labute approximate surface area is 117 Å². The number of carbonyl (C=O) groups is 2. The number of carbonyl (C=O) groups excluding carboxylic acids is 2. The SMILES string of the molecule is Cl.NC(=O)Nc1ccc(NC(=O)C2CCNC2)cc1. The van der Waals surface area contributed by atoms with Crippen LogP contribution in [0.4, 0.5) is 16.2 Å². The molecule has 0 spiro atoms. The first-order valence-corrected chi connectivity index (χ1v) is 5.83. The number of anilines is 2. The molecule has 0 aliphatic carbocycles. The van der Waals surface area contributed by atoms with Gasteiger partial charge in [0.15, 0.2) is 0 Å². The molecule has 0 bridgehead atoms. The minimum Gasteiger partial charge on any atom is -0.351 e. The topological polar surface area (TPSA) is 96.2 Å². The maximum atomic E-state index is 11.8. The van der Waals surface area contributed by atoms with Crippen molar-refractivity contribution >= 4 is 35.7 Å². The zero-order chi connectivity index (χ0) is 13.0. The monoisotopic (exact) mass is 284 g/mol. The molecular weight excluding hydrogens is 268 g/mol. The first-order chi connectivity index (χ1) is 8.65. The van der Waals surface area contributed by atoms with Crippen LogP contribution in [-0.4, -0.2) is 25.0 Å². The quantitative estimate of drug-likeness (QED) is 0.670. The Morgan fingerprint density at radius 3 is 2.21 bits per heavy atom. The number of nitrogens with one attached hydrogen (secondary N) is 3. The second-order valence-electron chi connectivity index (χ2n) is 4.25. The molecule has 6 nitrogen and oxygen atoms in total. The number of urea groups is 1. The lowest BCUT2D eigenvalue weighted by atomic mass is 10.1. The Morgan fingerprint density at radius 2 is 1.74 bits per heavy atom. The lowest BCUT2D eigenvalue weighted by molar-refractivity contribution is -0.119. The molecule has 0 radical (unpaired) electrons. The van der Waals surface area contributed by atoms with E-state index in [9.17, 15) is 9.59 Å². The highest BCUT2D eigenvalue weighted by atomic mass is 35.5. The van der Waals surface area contributed by atoms with Crippen LogP contribution in [-0.2, 0) is 4.79 Å². The fraction of sp³-hybridized carbons (Fsp3) is 0.333. The number of benzene rings is 1. The van der Waals surface area contributed by atoms with Crippen LogP contribution in [0.25, 0.3) is 0 Å². The van der Waals surface area contributed by atoms with E-state index in [1.165, 1.54) is 0 Å². The van der Waals surface area contributed by atoms with Crippen molar-refractivity contribution in [2.75, 3.05) is 23.7 Å². The summed E-state index contributed by atoms with van der Waals surface area (Å²) in [5.41, 5.74) is 6.31. The van der Waals surface area contributed by atoms with Crippen molar-refractivity contribution in [3.05, 3.63) is 24.3 Å². The highest BCUT2D eigenvalue weighted by Gasteiger charge is 2.22. The predicted octanol–water partition coefficient (Wildman–Crippen LogP) is 1.15. The van der Waals surface area contributed by atoms with Crippen molar-refractivity contribution in [2.24, 2.45) is 11.7 Å². The van der Waals surface area contributed by atoms with Crippen molar-refractivity contribution in [3.8, 4) is 0 Å². The smallest absolute Gasteiger partial charge is 0.316 e. The summed E-state index contributed by atoms with van der Waals surface area (Å²) in [7, 11) is 0. The third-order valence-corrected chi connectivity index (χ3v) is 2.85. The van der Waals surface area contributed by atoms with Crippen molar-refractivity contribution in [3.63, 3.8) is 0 Å². The average molecular weight is 285 g/mol. The van der Waals surface area contributed by atoms with E-state index in [1.807, 2.05) is 0 Å². The molecule has 104 valence electrons. The number of nitrogens with two attached hydrogens (primary N) is 1. The molecule has 1 aromatic carbocycles. The van der Waals surface area contributed by atoms with Crippen molar-refractivity contribution < 1.29 is 9.59 Å². The second kappa shape index (κ2) is 6.96. The van der Waals surface area contributed by atoms with Crippen LogP contribution in [0.15, 0.2) is 24.3 Å². The zero-order valence-corrected chi connectivity index (χ0v) is 11.1. The average Bonchev–Trinajstić information content (AvgIpc) is 2.84. The van der Waals surface area contributed by atoms with Crippen LogP contribution in [0.3, 0.4) is 0 Å². The van der Waals surface area contributed by atoms with E-state index in [0.29, 0.717) is 11.4 Å². The third kappa shape index (κ3) is 4.42. The fourth-order valence-electron chi connectivity index (χ4n) is 1.90. The summed E-state index contributed by atoms with van der Waals surface area (Å²) in [6.07, 6.45) is 0.868. The van der Waals surface area contributed by atoms with E-state index in [1.54, 1.807) is 24.3 Å². The molecule has 3 amide bonds. The third-order valence-electron chi connectivity index (χ3n) is 2.85. The van der Waals surface area contributed by atoms with Crippen LogP contribution in [0.2, 0.25) is 0 Å². The maximum absolute atomic E-state index is 11.8. The van der Waals surface area contributed by atoms with Crippen LogP contribution >= 0.6 is 12.4 Å². The standard InChI is InChI=1S/C12H16N4O2.ClH/c13-12(18)16-10-3-1-9(2-4-10)15-11(17)8-5-6-14-7-8;/h1-4,8,14H,5-7H2,(H,15,17)(H3,13,16,18);1H. The Hall–Kier alpha value is -1.79. The van der Waals surface area contributed by atoms with Crippen molar-refractivity contribution in [2.45, 2.75) is 6.42 Å². The molecule has 5 N–H and O–H groups in total. The summed E-state index contributed by atoms with van der Waals surface area (Å²) in [6.45, 7) is 1.62. The van der Waals surface area contributed by atoms with Gasteiger partial charge in [0.25, 0.3) is 0 Å². The Morgan fingerprint density at radius 1 is 1.16 bits per heavy atom. The lowest BCUT2D eigenvalue weighted by Crippen LogP contribution is -2.24. The predicted molar refractivity (Wildman–Crippen MR) is 76.5 cm³/mol. The zero-order valence-electron chi connectivity index (χ0n) is 10.3. The van der Waals surface area contributed by atoms with Crippen LogP contribution in [0.1, 0.15) is 6.42 Å². The summed E-state index contributed by atoms with van der Waals surface area (Å²) in [5.74, 6) is 0.0593. The molecule has 0 aromatic heterocycles. The maximum Gasteiger partial charge on any atom is 0.316 e. The summed E-state index contributed by atoms with van der Waals surface area (Å²) < 4.78 is 0. The van der Waals surface area contributed by atoms with Gasteiger partial charge < -0.3 is 21.7 Å². The minimum atomic E-state index is -0.608. The Kier molecular flexibility index (Phi) is 5.59. The lowest BCUT2D eigenvalue weighted by Gasteiger charge is -2.10. The largest absolute Gasteiger partial charge is 0.351 e. The molecule has 19 heavy (non-hydrogen) atoms. The molecule has 1 aromatic rings. The highest BCUT2D eigenvalue weighted by molar-refractivity contribution is 5.93. The number of hydrogen-bond acceptors (Lipinski definition) is 3. The van der Waals surface area contributed by atoms with Gasteiger partial charge in [-0.05, 0) is 37.2 Å². The van der Waals surface area contributed by atoms with Crippen molar-refractivity contribution in [1.82, 2.24) is 5.32 Å². The first kappa shape index (κ1) is 15.3. The summed E-state index contributed by atoms with van der Waals surface area (Å²) in [4.78, 5) is 22.5. The fourth-order valence-corrected chi connectivity index (χ4v) is 1.90. The summed E-state index contributed by atoms with van der Waals surface area (Å²) in [6, 6.07) is 6.22. The van der Waals surface area contributed by atoms with Gasteiger partial charge in [0.1, 0.15) is 0 Å². The van der Waals surface area contributed by atoms with E-state index in [-0.39, 0.29) is 24.2 Å². The molecule has 1 atom stereocenters. The van der Waals surface area contributed by atoms with Crippen LogP contribution < -0.4 is 21.7 Å². The number of hydrogen-bond donors (Lipinski definition) is 4. The molecule has 1 fully saturated rings. The molecule has 1 aliphatic rings. The number of rotatable bonds is 3. The molecular formula is C12H17ClN4O2. The van der Waals surface area contributed by atoms with Gasteiger partial charge in [0.2, 0.25) is 5.91 Å². The van der Waals surface area contributed by atoms with E-state index in [4.69, 9.17) is 5.73 Å². The van der Waals surface area contributed by atoms with Gasteiger partial charge in [-0.2, -0.15) is 0 Å². The van der Waals surface area contributed by atoms with E-state index < -0.39 is 6.03 Å². The Balaban J connectivity index is 0.00000180. The van der Waals surface area contributed by atoms with E-state index >= 15 is 0 Å². The van der Waals surface area contributed by atoms with Gasteiger partial charge in [-0.1, -0.05) is 0 Å². The summed E-state index contributed by atoms with van der Waals surface area (Å²) >= 11 is 0. The molecule has 1 unspecified atom stereocenters. The highest BCUT2D eigenvalue weighted by Crippen LogP contribution is 2.16. The van der Waals surface area contributed by atoms with Gasteiger partial charge in [-0.3, -0.25) is 4.79 Å². The summed E-state index contributed by atoms with van der Waals surface area (Å²) in [5, 5.41) is 8.45. The number of amides is 3. The van der Waals surface area contributed by atoms with Gasteiger partial charge in [-0.25, -0.2) is 4.79 Å². The van der Waals surface area contributed by atoms with E-state index in [2.05, 4.69) is 16.0 Å². The van der Waals surface area contributed by atoms with Gasteiger partial charge in [0, 0.05) is 17.9 Å². The Bertz CT molecular complexity index is 444. The molecule has 1 saturated heterocycles. The molecule has 1 heterocycles. The van der Waals surface area contributed by atoms with Crippen molar-refractivity contribution in [1.29, 1.82) is 0 Å². The number of halogens is 1. The molecule has 1 aliphatic heterocycles. The van der Waals surface area contributed by atoms with Crippen LogP contribution in [0, 0.1) is 5.92 Å². The molecule has 7 heteroatoms.